The molecule has 0 atom stereocenters. The summed E-state index contributed by atoms with van der Waals surface area (Å²) in [6.45, 7) is 0. The molecule has 4 heteroatoms. The van der Waals surface area contributed by atoms with Crippen LogP contribution < -0.4 is 0 Å². The Labute approximate surface area is 77.6 Å². The molecule has 2 aromatic heterocycles. The molecule has 0 aliphatic rings. The zero-order valence-corrected chi connectivity index (χ0v) is 7.65. The van der Waals surface area contributed by atoms with Crippen LogP contribution in [-0.4, -0.2) is 9.97 Å². The number of aromatic nitrogens is 2. The van der Waals surface area contributed by atoms with Gasteiger partial charge in [0.05, 0.1) is 0 Å². The summed E-state index contributed by atoms with van der Waals surface area (Å²) in [5.41, 5.74) is 0. The summed E-state index contributed by atoms with van der Waals surface area (Å²) in [4.78, 5) is 8.07. The van der Waals surface area contributed by atoms with Crippen LogP contribution in [0, 0.1) is 0 Å². The fourth-order valence-electron chi connectivity index (χ4n) is 0.861. The highest BCUT2D eigenvalue weighted by atomic mass is 79.9. The number of furan rings is 1. The number of hydrogen-bond acceptors (Lipinski definition) is 3. The van der Waals surface area contributed by atoms with E-state index < -0.39 is 0 Å². The van der Waals surface area contributed by atoms with Crippen LogP contribution in [0.25, 0.3) is 11.6 Å². The summed E-state index contributed by atoms with van der Waals surface area (Å²) in [7, 11) is 0. The predicted octanol–water partition coefficient (Wildman–Crippen LogP) is 2.50. The minimum atomic E-state index is 0.600. The van der Waals surface area contributed by atoms with Gasteiger partial charge in [0.15, 0.2) is 16.3 Å². The van der Waals surface area contributed by atoms with Gasteiger partial charge in [0.25, 0.3) is 0 Å². The van der Waals surface area contributed by atoms with Gasteiger partial charge in [-0.15, -0.1) is 0 Å². The highest BCUT2D eigenvalue weighted by Gasteiger charge is 2.03. The van der Waals surface area contributed by atoms with Crippen molar-refractivity contribution in [2.45, 2.75) is 0 Å². The van der Waals surface area contributed by atoms with Gasteiger partial charge in [0.2, 0.25) is 0 Å². The maximum absolute atomic E-state index is 5.26. The first-order valence-electron chi connectivity index (χ1n) is 3.39. The van der Waals surface area contributed by atoms with Crippen molar-refractivity contribution in [3.05, 3.63) is 35.3 Å². The first kappa shape index (κ1) is 7.49. The van der Waals surface area contributed by atoms with E-state index >= 15 is 0 Å². The number of hydrogen-bond donors (Lipinski definition) is 0. The van der Waals surface area contributed by atoms with Gasteiger partial charge in [-0.05, 0) is 34.1 Å². The Morgan fingerprint density at radius 2 is 1.92 bits per heavy atom. The van der Waals surface area contributed by atoms with E-state index in [0.717, 1.165) is 0 Å². The zero-order valence-electron chi connectivity index (χ0n) is 6.07. The number of nitrogens with zero attached hydrogens (tertiary/aromatic N) is 2. The van der Waals surface area contributed by atoms with E-state index in [2.05, 4.69) is 25.9 Å². The predicted molar refractivity (Wildman–Crippen MR) is 47.4 cm³/mol. The van der Waals surface area contributed by atoms with Gasteiger partial charge in [-0.25, -0.2) is 9.97 Å². The summed E-state index contributed by atoms with van der Waals surface area (Å²) >= 11 is 3.21. The quantitative estimate of drug-likeness (QED) is 0.748. The van der Waals surface area contributed by atoms with E-state index in [1.54, 1.807) is 18.5 Å². The van der Waals surface area contributed by atoms with Crippen molar-refractivity contribution in [3.8, 4) is 11.6 Å². The van der Waals surface area contributed by atoms with Crippen LogP contribution in [0.15, 0.2) is 39.7 Å². The summed E-state index contributed by atoms with van der Waals surface area (Å²) < 4.78 is 5.95. The van der Waals surface area contributed by atoms with Crippen LogP contribution in [0.2, 0.25) is 0 Å². The molecule has 0 aromatic carbocycles. The molecule has 0 N–H and O–H groups in total. The summed E-state index contributed by atoms with van der Waals surface area (Å²) in [5.74, 6) is 1.27. The lowest BCUT2D eigenvalue weighted by molar-refractivity contribution is 0.551. The Hall–Kier alpha value is -1.16. The Kier molecular flexibility index (Phi) is 1.91. The molecule has 0 bridgehead atoms. The molecule has 2 rings (SSSR count). The summed E-state index contributed by atoms with van der Waals surface area (Å²) in [5, 5.41) is 0. The molecule has 0 aliphatic carbocycles. The zero-order chi connectivity index (χ0) is 8.39. The van der Waals surface area contributed by atoms with Crippen LogP contribution >= 0.6 is 15.9 Å². The van der Waals surface area contributed by atoms with E-state index in [0.29, 0.717) is 16.3 Å². The van der Waals surface area contributed by atoms with E-state index in [1.165, 1.54) is 0 Å². The van der Waals surface area contributed by atoms with Crippen molar-refractivity contribution in [3.63, 3.8) is 0 Å². The van der Waals surface area contributed by atoms with Crippen molar-refractivity contribution in [1.29, 1.82) is 0 Å². The molecule has 0 fully saturated rings. The van der Waals surface area contributed by atoms with E-state index in [4.69, 9.17) is 4.42 Å². The van der Waals surface area contributed by atoms with Crippen molar-refractivity contribution < 1.29 is 4.42 Å². The summed E-state index contributed by atoms with van der Waals surface area (Å²) in [6, 6.07) is 5.40. The summed E-state index contributed by atoms with van der Waals surface area (Å²) in [6.07, 6.45) is 3.36. The van der Waals surface area contributed by atoms with Crippen LogP contribution in [0.3, 0.4) is 0 Å². The third-order valence-electron chi connectivity index (χ3n) is 1.36. The molecule has 0 amide bonds. The van der Waals surface area contributed by atoms with E-state index in [9.17, 15) is 0 Å². The lowest BCUT2D eigenvalue weighted by atomic mass is 10.4. The molecule has 2 aromatic rings. The maximum Gasteiger partial charge on any atom is 0.195 e. The van der Waals surface area contributed by atoms with E-state index in [1.807, 2.05) is 12.1 Å². The highest BCUT2D eigenvalue weighted by molar-refractivity contribution is 9.10. The Balaban J connectivity index is 2.45. The average Bonchev–Trinajstić information content (AvgIpc) is 2.54. The van der Waals surface area contributed by atoms with E-state index in [-0.39, 0.29) is 0 Å². The minimum absolute atomic E-state index is 0.600. The van der Waals surface area contributed by atoms with Crippen molar-refractivity contribution in [2.75, 3.05) is 0 Å². The highest BCUT2D eigenvalue weighted by Crippen LogP contribution is 2.20. The molecule has 3 nitrogen and oxygen atoms in total. The first-order chi connectivity index (χ1) is 5.86. The van der Waals surface area contributed by atoms with Gasteiger partial charge in [0.1, 0.15) is 0 Å². The molecular weight excluding hydrogens is 220 g/mol. The molecule has 0 radical (unpaired) electrons. The Morgan fingerprint density at radius 1 is 1.17 bits per heavy atom. The van der Waals surface area contributed by atoms with Gasteiger partial charge in [-0.3, -0.25) is 0 Å². The van der Waals surface area contributed by atoms with Crippen molar-refractivity contribution >= 4 is 15.9 Å². The van der Waals surface area contributed by atoms with Gasteiger partial charge in [0, 0.05) is 12.4 Å². The third-order valence-corrected chi connectivity index (χ3v) is 1.79. The number of halogens is 1. The molecule has 0 saturated carbocycles. The van der Waals surface area contributed by atoms with Crippen LogP contribution in [0.4, 0.5) is 0 Å². The van der Waals surface area contributed by atoms with Crippen molar-refractivity contribution in [1.82, 2.24) is 9.97 Å². The topological polar surface area (TPSA) is 38.9 Å². The second-order valence-electron chi connectivity index (χ2n) is 2.18. The monoisotopic (exact) mass is 224 g/mol. The lowest BCUT2D eigenvalue weighted by Crippen LogP contribution is -1.82. The maximum atomic E-state index is 5.26. The molecule has 60 valence electrons. The largest absolute Gasteiger partial charge is 0.446 e. The second kappa shape index (κ2) is 3.06. The molecule has 0 spiro atoms. The second-order valence-corrected chi connectivity index (χ2v) is 2.96. The molecule has 12 heavy (non-hydrogen) atoms. The SMILES string of the molecule is Brc1ccc(-c2ncccn2)o1. The minimum Gasteiger partial charge on any atom is -0.446 e. The Morgan fingerprint density at radius 3 is 2.50 bits per heavy atom. The normalized spacial score (nSPS) is 10.1. The van der Waals surface area contributed by atoms with Gasteiger partial charge in [-0.1, -0.05) is 0 Å². The fraction of sp³-hybridized carbons (Fsp3) is 0. The number of rotatable bonds is 1. The van der Waals surface area contributed by atoms with Crippen LogP contribution in [0.1, 0.15) is 0 Å². The molecule has 0 saturated heterocycles. The lowest BCUT2D eigenvalue weighted by Gasteiger charge is -1.91. The molecule has 2 heterocycles. The van der Waals surface area contributed by atoms with Crippen LogP contribution in [-0.2, 0) is 0 Å². The smallest absolute Gasteiger partial charge is 0.195 e. The Bertz CT molecular complexity index is 372. The first-order valence-corrected chi connectivity index (χ1v) is 4.18. The fourth-order valence-corrected chi connectivity index (χ4v) is 1.17. The standard InChI is InChI=1S/C8H5BrN2O/c9-7-3-2-6(12-7)8-10-4-1-5-11-8/h1-5H. The van der Waals surface area contributed by atoms with Crippen LogP contribution in [0.5, 0.6) is 0 Å². The molecular formula is C8H5BrN2O. The van der Waals surface area contributed by atoms with Gasteiger partial charge in [-0.2, -0.15) is 0 Å². The molecule has 0 aliphatic heterocycles. The average molecular weight is 225 g/mol. The van der Waals surface area contributed by atoms with Gasteiger partial charge >= 0.3 is 0 Å². The van der Waals surface area contributed by atoms with Crippen molar-refractivity contribution in [2.24, 2.45) is 0 Å². The van der Waals surface area contributed by atoms with Gasteiger partial charge < -0.3 is 4.42 Å². The molecule has 0 unspecified atom stereocenters. The third kappa shape index (κ3) is 1.38.